The van der Waals surface area contributed by atoms with Crippen molar-refractivity contribution in [1.82, 2.24) is 9.78 Å². The number of fused-ring (bicyclic) bond motifs is 1. The summed E-state index contributed by atoms with van der Waals surface area (Å²) in [4.78, 5) is 0. The van der Waals surface area contributed by atoms with E-state index in [1.165, 1.54) is 12.3 Å². The molecule has 0 saturated carbocycles. The van der Waals surface area contributed by atoms with Crippen LogP contribution >= 0.6 is 11.6 Å². The van der Waals surface area contributed by atoms with Crippen LogP contribution in [-0.4, -0.2) is 16.4 Å². The summed E-state index contributed by atoms with van der Waals surface area (Å²) in [5, 5.41) is 4.87. The third kappa shape index (κ3) is 2.21. The Morgan fingerprint density at radius 2 is 2.21 bits per heavy atom. The van der Waals surface area contributed by atoms with Crippen molar-refractivity contribution in [3.8, 4) is 0 Å². The molecule has 3 nitrogen and oxygen atoms in total. The largest absolute Gasteiger partial charge is 0.356 e. The van der Waals surface area contributed by atoms with E-state index in [4.69, 9.17) is 16.3 Å². The summed E-state index contributed by atoms with van der Waals surface area (Å²) < 4.78 is 33.0. The van der Waals surface area contributed by atoms with Crippen molar-refractivity contribution in [1.29, 1.82) is 0 Å². The van der Waals surface area contributed by atoms with Crippen molar-refractivity contribution in [2.45, 2.75) is 31.9 Å². The fourth-order valence-corrected chi connectivity index (χ4v) is 2.71. The van der Waals surface area contributed by atoms with E-state index < -0.39 is 6.43 Å². The van der Waals surface area contributed by atoms with Gasteiger partial charge in [-0.05, 0) is 31.4 Å². The molecule has 3 rings (SSSR count). The van der Waals surface area contributed by atoms with E-state index in [9.17, 15) is 8.78 Å². The summed E-state index contributed by atoms with van der Waals surface area (Å²) in [7, 11) is 0. The molecule has 1 aromatic heterocycles. The predicted molar refractivity (Wildman–Crippen MR) is 68.5 cm³/mol. The molecule has 0 aliphatic carbocycles. The third-order valence-electron chi connectivity index (χ3n) is 3.41. The molecule has 1 aliphatic rings. The molecule has 2 aromatic rings. The zero-order valence-electron chi connectivity index (χ0n) is 10.2. The molecule has 2 heterocycles. The molecular formula is C13H13ClF2N2O. The standard InChI is InChI=1S/C13H13ClF2N2O/c14-12-8(13(15)16)4-5-10-9(12)7-17-18(10)11-3-1-2-6-19-11/h4-5,7,11,13H,1-3,6H2. The summed E-state index contributed by atoms with van der Waals surface area (Å²) in [5.41, 5.74) is 0.583. The Kier molecular flexibility index (Phi) is 3.41. The SMILES string of the molecule is FC(F)c1ccc2c(cnn2C2CCCCO2)c1Cl. The van der Waals surface area contributed by atoms with Gasteiger partial charge in [0.05, 0.1) is 16.7 Å². The number of halogens is 3. The molecule has 1 aromatic carbocycles. The molecule has 0 radical (unpaired) electrons. The molecular weight excluding hydrogens is 274 g/mol. The second-order valence-corrected chi connectivity index (χ2v) is 4.99. The second kappa shape index (κ2) is 5.06. The highest BCUT2D eigenvalue weighted by molar-refractivity contribution is 6.36. The van der Waals surface area contributed by atoms with Crippen molar-refractivity contribution < 1.29 is 13.5 Å². The van der Waals surface area contributed by atoms with Crippen molar-refractivity contribution >= 4 is 22.5 Å². The van der Waals surface area contributed by atoms with Gasteiger partial charge in [0, 0.05) is 17.6 Å². The van der Waals surface area contributed by atoms with E-state index in [0.717, 1.165) is 24.8 Å². The topological polar surface area (TPSA) is 27.1 Å². The van der Waals surface area contributed by atoms with Gasteiger partial charge >= 0.3 is 0 Å². The molecule has 0 amide bonds. The zero-order chi connectivity index (χ0) is 13.4. The highest BCUT2D eigenvalue weighted by Crippen LogP contribution is 2.35. The molecule has 102 valence electrons. The Morgan fingerprint density at radius 3 is 2.89 bits per heavy atom. The lowest BCUT2D eigenvalue weighted by molar-refractivity contribution is -0.0366. The Bertz CT molecular complexity index is 594. The first kappa shape index (κ1) is 12.8. The van der Waals surface area contributed by atoms with Gasteiger partial charge in [-0.25, -0.2) is 13.5 Å². The van der Waals surface area contributed by atoms with Crippen molar-refractivity contribution in [2.24, 2.45) is 0 Å². The van der Waals surface area contributed by atoms with E-state index in [2.05, 4.69) is 5.10 Å². The van der Waals surface area contributed by atoms with Crippen LogP contribution in [-0.2, 0) is 4.74 Å². The predicted octanol–water partition coefficient (Wildman–Crippen LogP) is 4.33. The monoisotopic (exact) mass is 286 g/mol. The van der Waals surface area contributed by atoms with Crippen LogP contribution in [0, 0.1) is 0 Å². The van der Waals surface area contributed by atoms with Gasteiger partial charge in [0.1, 0.15) is 0 Å². The third-order valence-corrected chi connectivity index (χ3v) is 3.83. The van der Waals surface area contributed by atoms with Gasteiger partial charge in [-0.1, -0.05) is 11.6 Å². The number of rotatable bonds is 2. The van der Waals surface area contributed by atoms with Gasteiger partial charge in [0.2, 0.25) is 0 Å². The second-order valence-electron chi connectivity index (χ2n) is 4.61. The fourth-order valence-electron chi connectivity index (χ4n) is 2.42. The van der Waals surface area contributed by atoms with Crippen molar-refractivity contribution in [3.05, 3.63) is 28.9 Å². The molecule has 0 bridgehead atoms. The number of aromatic nitrogens is 2. The van der Waals surface area contributed by atoms with Crippen LogP contribution in [0.15, 0.2) is 18.3 Å². The maximum Gasteiger partial charge on any atom is 0.265 e. The molecule has 6 heteroatoms. The minimum Gasteiger partial charge on any atom is -0.356 e. The van der Waals surface area contributed by atoms with Gasteiger partial charge in [-0.15, -0.1) is 0 Å². The van der Waals surface area contributed by atoms with Gasteiger partial charge in [0.25, 0.3) is 6.43 Å². The maximum absolute atomic E-state index is 12.8. The number of alkyl halides is 2. The lowest BCUT2D eigenvalue weighted by Crippen LogP contribution is -2.18. The Morgan fingerprint density at radius 1 is 1.37 bits per heavy atom. The number of ether oxygens (including phenoxy) is 1. The van der Waals surface area contributed by atoms with Gasteiger partial charge < -0.3 is 4.74 Å². The zero-order valence-corrected chi connectivity index (χ0v) is 10.9. The summed E-state index contributed by atoms with van der Waals surface area (Å²) in [6.45, 7) is 0.703. The summed E-state index contributed by atoms with van der Waals surface area (Å²) in [5.74, 6) is 0. The van der Waals surface area contributed by atoms with Crippen molar-refractivity contribution in [3.63, 3.8) is 0 Å². The van der Waals surface area contributed by atoms with E-state index in [1.54, 1.807) is 10.7 Å². The first-order valence-electron chi connectivity index (χ1n) is 6.24. The van der Waals surface area contributed by atoms with E-state index in [-0.39, 0.29) is 16.8 Å². The summed E-state index contributed by atoms with van der Waals surface area (Å²) in [6.07, 6.45) is 1.83. The lowest BCUT2D eigenvalue weighted by Gasteiger charge is -2.23. The average molecular weight is 287 g/mol. The van der Waals surface area contributed by atoms with E-state index >= 15 is 0 Å². The van der Waals surface area contributed by atoms with Crippen LogP contribution in [0.3, 0.4) is 0 Å². The number of benzene rings is 1. The van der Waals surface area contributed by atoms with Crippen LogP contribution in [0.25, 0.3) is 10.9 Å². The highest BCUT2D eigenvalue weighted by atomic mass is 35.5. The Labute approximate surface area is 114 Å². The first-order chi connectivity index (χ1) is 9.18. The molecule has 1 saturated heterocycles. The fraction of sp³-hybridized carbons (Fsp3) is 0.462. The molecule has 19 heavy (non-hydrogen) atoms. The summed E-state index contributed by atoms with van der Waals surface area (Å²) in [6, 6.07) is 2.99. The van der Waals surface area contributed by atoms with E-state index in [0.29, 0.717) is 12.0 Å². The molecule has 0 N–H and O–H groups in total. The number of hydrogen-bond donors (Lipinski definition) is 0. The van der Waals surface area contributed by atoms with Crippen LogP contribution in [0.5, 0.6) is 0 Å². The molecule has 1 fully saturated rings. The number of nitrogens with zero attached hydrogens (tertiary/aromatic N) is 2. The van der Waals surface area contributed by atoms with Crippen LogP contribution in [0.4, 0.5) is 8.78 Å². The summed E-state index contributed by atoms with van der Waals surface area (Å²) >= 11 is 6.01. The van der Waals surface area contributed by atoms with Crippen LogP contribution < -0.4 is 0 Å². The van der Waals surface area contributed by atoms with E-state index in [1.807, 2.05) is 0 Å². The maximum atomic E-state index is 12.8. The molecule has 0 spiro atoms. The van der Waals surface area contributed by atoms with Gasteiger partial charge in [-0.2, -0.15) is 5.10 Å². The van der Waals surface area contributed by atoms with Gasteiger partial charge in [-0.3, -0.25) is 0 Å². The molecule has 1 atom stereocenters. The minimum atomic E-state index is -2.58. The average Bonchev–Trinajstić information content (AvgIpc) is 2.84. The highest BCUT2D eigenvalue weighted by Gasteiger charge is 2.21. The Hall–Kier alpha value is -1.20. The van der Waals surface area contributed by atoms with Gasteiger partial charge in [0.15, 0.2) is 6.23 Å². The van der Waals surface area contributed by atoms with Crippen LogP contribution in [0.1, 0.15) is 37.5 Å². The normalized spacial score (nSPS) is 20.3. The Balaban J connectivity index is 2.06. The molecule has 1 aliphatic heterocycles. The quantitative estimate of drug-likeness (QED) is 0.822. The number of hydrogen-bond acceptors (Lipinski definition) is 2. The van der Waals surface area contributed by atoms with Crippen molar-refractivity contribution in [2.75, 3.05) is 6.61 Å². The first-order valence-corrected chi connectivity index (χ1v) is 6.61. The smallest absolute Gasteiger partial charge is 0.265 e. The van der Waals surface area contributed by atoms with Crippen LogP contribution in [0.2, 0.25) is 5.02 Å². The lowest BCUT2D eigenvalue weighted by atomic mass is 10.1. The molecule has 1 unspecified atom stereocenters. The minimum absolute atomic E-state index is 0.0783.